The van der Waals surface area contributed by atoms with Crippen molar-refractivity contribution in [3.63, 3.8) is 0 Å². The lowest BCUT2D eigenvalue weighted by Gasteiger charge is -2.11. The van der Waals surface area contributed by atoms with Gasteiger partial charge in [0, 0.05) is 6.54 Å². The highest BCUT2D eigenvalue weighted by molar-refractivity contribution is 5.92. The highest BCUT2D eigenvalue weighted by atomic mass is 14.5. The van der Waals surface area contributed by atoms with E-state index in [0.29, 0.717) is 6.54 Å². The van der Waals surface area contributed by atoms with Gasteiger partial charge in [0.1, 0.15) is 0 Å². The van der Waals surface area contributed by atoms with Gasteiger partial charge in [-0.05, 0) is 69.5 Å². The summed E-state index contributed by atoms with van der Waals surface area (Å²) in [4.78, 5) is 0. The second kappa shape index (κ2) is 6.46. The second-order valence-electron chi connectivity index (χ2n) is 6.39. The first-order valence-corrected chi connectivity index (χ1v) is 8.16. The lowest BCUT2D eigenvalue weighted by molar-refractivity contribution is 1.04. The molecule has 0 spiro atoms. The second-order valence-corrected chi connectivity index (χ2v) is 6.39. The van der Waals surface area contributed by atoms with Crippen molar-refractivity contribution in [3.8, 4) is 11.1 Å². The van der Waals surface area contributed by atoms with E-state index in [0.717, 1.165) is 35.1 Å². The molecule has 0 saturated heterocycles. The number of hydrogen-bond donors (Lipinski definition) is 1. The Bertz CT molecular complexity index is 868. The fourth-order valence-electron chi connectivity index (χ4n) is 3.24. The van der Waals surface area contributed by atoms with Gasteiger partial charge in [-0.2, -0.15) is 0 Å². The minimum absolute atomic E-state index is 0.509. The van der Waals surface area contributed by atoms with E-state index < -0.39 is 0 Å². The van der Waals surface area contributed by atoms with Crippen molar-refractivity contribution in [1.29, 1.82) is 0 Å². The predicted octanol–water partition coefficient (Wildman–Crippen LogP) is 5.48. The maximum atomic E-state index is 5.67. The lowest BCUT2D eigenvalue weighted by atomic mass is 9.94. The molecule has 0 saturated carbocycles. The van der Waals surface area contributed by atoms with Crippen molar-refractivity contribution in [1.82, 2.24) is 0 Å². The maximum absolute atomic E-state index is 5.67. The molecule has 1 aliphatic rings. The summed E-state index contributed by atoms with van der Waals surface area (Å²) in [6, 6.07) is 13.0. The van der Waals surface area contributed by atoms with Crippen LogP contribution in [-0.2, 0) is 6.42 Å². The average molecular weight is 313 g/mol. The number of rotatable bonds is 5. The predicted molar refractivity (Wildman–Crippen MR) is 107 cm³/mol. The molecule has 2 aromatic rings. The molecule has 0 amide bonds. The van der Waals surface area contributed by atoms with Crippen LogP contribution in [0, 0.1) is 0 Å². The summed E-state index contributed by atoms with van der Waals surface area (Å²) in [6.07, 6.45) is 3.56. The molecule has 120 valence electrons. The van der Waals surface area contributed by atoms with Crippen LogP contribution in [0.1, 0.15) is 28.7 Å². The Morgan fingerprint density at radius 1 is 1.00 bits per heavy atom. The van der Waals surface area contributed by atoms with Crippen LogP contribution in [0.25, 0.3) is 28.3 Å². The summed E-state index contributed by atoms with van der Waals surface area (Å²) in [7, 11) is 0. The first kappa shape index (κ1) is 16.2. The van der Waals surface area contributed by atoms with Gasteiger partial charge in [-0.15, -0.1) is 0 Å². The van der Waals surface area contributed by atoms with Gasteiger partial charge in [0.25, 0.3) is 0 Å². The average Bonchev–Trinajstić information content (AvgIpc) is 2.89. The summed E-state index contributed by atoms with van der Waals surface area (Å²) < 4.78 is 0. The quantitative estimate of drug-likeness (QED) is 0.726. The zero-order chi connectivity index (χ0) is 17.3. The van der Waals surface area contributed by atoms with E-state index in [4.69, 9.17) is 5.73 Å². The van der Waals surface area contributed by atoms with Crippen molar-refractivity contribution in [3.05, 3.63) is 90.5 Å². The Labute approximate surface area is 144 Å². The molecule has 0 aromatic heterocycles. The number of fused-ring (bicyclic) bond motifs is 1. The van der Waals surface area contributed by atoms with Crippen molar-refractivity contribution < 1.29 is 0 Å². The first-order valence-electron chi connectivity index (χ1n) is 8.16. The Morgan fingerprint density at radius 3 is 2.38 bits per heavy atom. The number of allylic oxidation sites excluding steroid dienone is 2. The molecule has 0 atom stereocenters. The Kier molecular flexibility index (Phi) is 4.37. The van der Waals surface area contributed by atoms with Crippen molar-refractivity contribution in [2.45, 2.75) is 12.8 Å². The molecule has 0 heterocycles. The van der Waals surface area contributed by atoms with Gasteiger partial charge >= 0.3 is 0 Å². The zero-order valence-corrected chi connectivity index (χ0v) is 14.1. The third-order valence-corrected chi connectivity index (χ3v) is 4.64. The standard InChI is InChI=1S/C23H23N/c1-5-18-12-20(7-6-19(18)10-15(2)14-24)21-8-9-22-16(3)11-17(4)23(22)13-21/h5-9,12-13H,1-4,10-11,14,24H2. The van der Waals surface area contributed by atoms with Crippen LogP contribution in [-0.4, -0.2) is 6.54 Å². The van der Waals surface area contributed by atoms with Crippen LogP contribution >= 0.6 is 0 Å². The van der Waals surface area contributed by atoms with Crippen LogP contribution < -0.4 is 5.73 Å². The molecule has 2 N–H and O–H groups in total. The molecule has 0 aliphatic heterocycles. The monoisotopic (exact) mass is 313 g/mol. The third-order valence-electron chi connectivity index (χ3n) is 4.64. The highest BCUT2D eigenvalue weighted by Gasteiger charge is 2.18. The van der Waals surface area contributed by atoms with Gasteiger partial charge in [-0.1, -0.05) is 62.2 Å². The summed E-state index contributed by atoms with van der Waals surface area (Å²) in [5.41, 5.74) is 16.2. The first-order chi connectivity index (χ1) is 11.5. The summed E-state index contributed by atoms with van der Waals surface area (Å²) in [5, 5.41) is 0. The van der Waals surface area contributed by atoms with Gasteiger partial charge in [0.05, 0.1) is 0 Å². The smallest absolute Gasteiger partial charge is 0.0137 e. The molecular weight excluding hydrogens is 290 g/mol. The lowest BCUT2D eigenvalue weighted by Crippen LogP contribution is -2.05. The van der Waals surface area contributed by atoms with E-state index in [-0.39, 0.29) is 0 Å². The van der Waals surface area contributed by atoms with E-state index in [1.165, 1.54) is 27.8 Å². The molecule has 1 heteroatoms. The Balaban J connectivity index is 2.00. The normalized spacial score (nSPS) is 13.0. The van der Waals surface area contributed by atoms with E-state index >= 15 is 0 Å². The van der Waals surface area contributed by atoms with E-state index in [9.17, 15) is 0 Å². The van der Waals surface area contributed by atoms with Crippen molar-refractivity contribution >= 4 is 17.2 Å². The minimum Gasteiger partial charge on any atom is -0.327 e. The van der Waals surface area contributed by atoms with Crippen molar-refractivity contribution in [2.75, 3.05) is 6.54 Å². The summed E-state index contributed by atoms with van der Waals surface area (Å²) >= 11 is 0. The largest absolute Gasteiger partial charge is 0.327 e. The van der Waals surface area contributed by atoms with E-state index in [2.05, 4.69) is 62.7 Å². The van der Waals surface area contributed by atoms with Crippen LogP contribution in [0.3, 0.4) is 0 Å². The van der Waals surface area contributed by atoms with Gasteiger partial charge in [-0.3, -0.25) is 0 Å². The molecule has 24 heavy (non-hydrogen) atoms. The molecule has 2 aromatic carbocycles. The Hall–Kier alpha value is -2.64. The molecule has 1 aliphatic carbocycles. The molecule has 0 unspecified atom stereocenters. The number of benzene rings is 2. The molecule has 0 radical (unpaired) electrons. The SMILES string of the molecule is C=Cc1cc(-c2ccc3c(c2)C(=C)CC3=C)ccc1CC(=C)CN. The summed E-state index contributed by atoms with van der Waals surface area (Å²) in [6.45, 7) is 16.8. The molecular formula is C23H23N. The van der Waals surface area contributed by atoms with Gasteiger partial charge < -0.3 is 5.73 Å². The summed E-state index contributed by atoms with van der Waals surface area (Å²) in [5.74, 6) is 0. The van der Waals surface area contributed by atoms with Crippen molar-refractivity contribution in [2.24, 2.45) is 5.73 Å². The van der Waals surface area contributed by atoms with Crippen LogP contribution in [0.4, 0.5) is 0 Å². The topological polar surface area (TPSA) is 26.0 Å². The van der Waals surface area contributed by atoms with Gasteiger partial charge in [-0.25, -0.2) is 0 Å². The highest BCUT2D eigenvalue weighted by Crippen LogP contribution is 2.40. The van der Waals surface area contributed by atoms with Gasteiger partial charge in [0.2, 0.25) is 0 Å². The molecule has 1 nitrogen and oxygen atoms in total. The maximum Gasteiger partial charge on any atom is 0.0137 e. The zero-order valence-electron chi connectivity index (χ0n) is 14.1. The Morgan fingerprint density at radius 2 is 1.67 bits per heavy atom. The molecule has 0 bridgehead atoms. The van der Waals surface area contributed by atoms with Crippen LogP contribution in [0.15, 0.2) is 68.3 Å². The number of nitrogens with two attached hydrogens (primary N) is 1. The van der Waals surface area contributed by atoms with Crippen LogP contribution in [0.5, 0.6) is 0 Å². The molecule has 3 rings (SSSR count). The molecule has 0 fully saturated rings. The minimum atomic E-state index is 0.509. The number of hydrogen-bond acceptors (Lipinski definition) is 1. The fraction of sp³-hybridized carbons (Fsp3) is 0.130. The van der Waals surface area contributed by atoms with E-state index in [1.807, 2.05) is 6.08 Å². The van der Waals surface area contributed by atoms with Crippen LogP contribution in [0.2, 0.25) is 0 Å². The van der Waals surface area contributed by atoms with E-state index in [1.54, 1.807) is 0 Å². The van der Waals surface area contributed by atoms with Gasteiger partial charge in [0.15, 0.2) is 0 Å². The fourth-order valence-corrected chi connectivity index (χ4v) is 3.24. The third kappa shape index (κ3) is 2.91.